The van der Waals surface area contributed by atoms with Crippen molar-refractivity contribution in [2.24, 2.45) is 22.2 Å². The number of aldehydes is 1. The topological polar surface area (TPSA) is 137 Å². The third-order valence-electron chi connectivity index (χ3n) is 2.24. The summed E-state index contributed by atoms with van der Waals surface area (Å²) in [4.78, 5) is 25.9. The van der Waals surface area contributed by atoms with Crippen molar-refractivity contribution < 1.29 is 9.59 Å². The molecule has 0 aliphatic carbocycles. The maximum absolute atomic E-state index is 11.4. The van der Waals surface area contributed by atoms with Crippen molar-refractivity contribution in [3.63, 3.8) is 0 Å². The lowest BCUT2D eigenvalue weighted by Gasteiger charge is -2.15. The van der Waals surface area contributed by atoms with Crippen LogP contribution in [-0.4, -0.2) is 36.8 Å². The van der Waals surface area contributed by atoms with E-state index in [4.69, 9.17) is 17.2 Å². The first-order chi connectivity index (χ1) is 8.01. The number of nitrogens with zero attached hydrogens (tertiary/aromatic N) is 1. The molecule has 17 heavy (non-hydrogen) atoms. The summed E-state index contributed by atoms with van der Waals surface area (Å²) in [5, 5.41) is 2.56. The van der Waals surface area contributed by atoms with Gasteiger partial charge >= 0.3 is 0 Å². The summed E-state index contributed by atoms with van der Waals surface area (Å²) in [5.74, 6) is -0.295. The quantitative estimate of drug-likeness (QED) is 0.177. The highest BCUT2D eigenvalue weighted by molar-refractivity contribution is 5.84. The Kier molecular flexibility index (Phi) is 7.70. The molecular weight excluding hydrogens is 222 g/mol. The first kappa shape index (κ1) is 15.4. The van der Waals surface area contributed by atoms with Gasteiger partial charge in [-0.3, -0.25) is 9.79 Å². The fourth-order valence-electron chi connectivity index (χ4n) is 1.17. The summed E-state index contributed by atoms with van der Waals surface area (Å²) in [6.45, 7) is 2.24. The van der Waals surface area contributed by atoms with E-state index in [2.05, 4.69) is 10.3 Å². The first-order valence-electron chi connectivity index (χ1n) is 5.57. The molecule has 7 nitrogen and oxygen atoms in total. The van der Waals surface area contributed by atoms with Crippen LogP contribution in [0.4, 0.5) is 0 Å². The molecule has 1 amide bonds. The second-order valence-corrected chi connectivity index (χ2v) is 3.71. The average molecular weight is 243 g/mol. The van der Waals surface area contributed by atoms with Gasteiger partial charge in [-0.05, 0) is 19.3 Å². The Bertz CT molecular complexity index is 276. The predicted octanol–water partition coefficient (Wildman–Crippen LogP) is -1.54. The summed E-state index contributed by atoms with van der Waals surface area (Å²) in [7, 11) is 0. The van der Waals surface area contributed by atoms with Crippen LogP contribution in [0.1, 0.15) is 26.2 Å². The Hall–Kier alpha value is -1.63. The van der Waals surface area contributed by atoms with Gasteiger partial charge in [0, 0.05) is 6.54 Å². The van der Waals surface area contributed by atoms with Crippen molar-refractivity contribution in [1.29, 1.82) is 0 Å². The van der Waals surface area contributed by atoms with Crippen molar-refractivity contribution in [3.8, 4) is 0 Å². The van der Waals surface area contributed by atoms with Crippen molar-refractivity contribution in [2.45, 2.75) is 38.3 Å². The fraction of sp³-hybridized carbons (Fsp3) is 0.700. The van der Waals surface area contributed by atoms with Crippen LogP contribution in [0.2, 0.25) is 0 Å². The summed E-state index contributed by atoms with van der Waals surface area (Å²) in [5.41, 5.74) is 15.8. The number of amides is 1. The van der Waals surface area contributed by atoms with Gasteiger partial charge in [-0.15, -0.1) is 0 Å². The SMILES string of the molecule is CCC(N)C(=O)N[C@H](C=O)CCCN=C(N)N. The van der Waals surface area contributed by atoms with Crippen molar-refractivity contribution in [3.05, 3.63) is 0 Å². The molecular formula is C10H21N5O2. The van der Waals surface area contributed by atoms with E-state index in [0.717, 1.165) is 0 Å². The lowest BCUT2D eigenvalue weighted by atomic mass is 10.1. The number of aliphatic imine (C=N–C) groups is 1. The van der Waals surface area contributed by atoms with Gasteiger partial charge in [-0.25, -0.2) is 0 Å². The molecule has 0 aliphatic heterocycles. The molecule has 0 aliphatic rings. The number of hydrogen-bond donors (Lipinski definition) is 4. The van der Waals surface area contributed by atoms with Gasteiger partial charge in [0.15, 0.2) is 5.96 Å². The summed E-state index contributed by atoms with van der Waals surface area (Å²) < 4.78 is 0. The molecule has 0 saturated heterocycles. The number of carbonyl (C=O) groups excluding carboxylic acids is 2. The van der Waals surface area contributed by atoms with Crippen molar-refractivity contribution >= 4 is 18.2 Å². The minimum Gasteiger partial charge on any atom is -0.370 e. The van der Waals surface area contributed by atoms with Gasteiger partial charge in [0.1, 0.15) is 6.29 Å². The van der Waals surface area contributed by atoms with E-state index in [0.29, 0.717) is 32.1 Å². The Labute approximate surface area is 101 Å². The summed E-state index contributed by atoms with van der Waals surface area (Å²) in [6, 6.07) is -1.11. The van der Waals surface area contributed by atoms with Crippen molar-refractivity contribution in [1.82, 2.24) is 5.32 Å². The monoisotopic (exact) mass is 243 g/mol. The number of hydrogen-bond acceptors (Lipinski definition) is 4. The van der Waals surface area contributed by atoms with E-state index in [1.807, 2.05) is 0 Å². The standard InChI is InChI=1S/C10H21N5O2/c1-2-8(11)9(17)15-7(6-16)4-3-5-14-10(12)13/h6-8H,2-5,11H2,1H3,(H,15,17)(H4,12,13,14)/t7-,8?/m0/s1. The van der Waals surface area contributed by atoms with Gasteiger partial charge in [-0.1, -0.05) is 6.92 Å². The normalized spacial score (nSPS) is 13.5. The number of guanidine groups is 1. The lowest BCUT2D eigenvalue weighted by Crippen LogP contribution is -2.45. The third-order valence-corrected chi connectivity index (χ3v) is 2.24. The first-order valence-corrected chi connectivity index (χ1v) is 5.57. The van der Waals surface area contributed by atoms with Crippen LogP contribution in [0.25, 0.3) is 0 Å². The molecule has 2 atom stereocenters. The maximum atomic E-state index is 11.4. The molecule has 0 radical (unpaired) electrons. The van der Waals surface area contributed by atoms with E-state index in [9.17, 15) is 9.59 Å². The van der Waals surface area contributed by atoms with Crippen LogP contribution in [0.15, 0.2) is 4.99 Å². The molecule has 1 unspecified atom stereocenters. The predicted molar refractivity (Wildman–Crippen MR) is 66.2 cm³/mol. The van der Waals surface area contributed by atoms with E-state index in [-0.39, 0.29) is 11.9 Å². The summed E-state index contributed by atoms with van der Waals surface area (Å²) >= 11 is 0. The highest BCUT2D eigenvalue weighted by atomic mass is 16.2. The van der Waals surface area contributed by atoms with Crippen LogP contribution >= 0.6 is 0 Å². The summed E-state index contributed by atoms with van der Waals surface area (Å²) in [6.07, 6.45) is 2.33. The van der Waals surface area contributed by atoms with Crippen LogP contribution in [0.5, 0.6) is 0 Å². The van der Waals surface area contributed by atoms with E-state index >= 15 is 0 Å². The Morgan fingerprint density at radius 1 is 1.47 bits per heavy atom. The van der Waals surface area contributed by atoms with Gasteiger partial charge < -0.3 is 27.3 Å². The number of nitrogens with one attached hydrogen (secondary N) is 1. The Balaban J connectivity index is 3.96. The molecule has 0 saturated carbocycles. The zero-order chi connectivity index (χ0) is 13.3. The molecule has 0 bridgehead atoms. The van der Waals surface area contributed by atoms with Gasteiger partial charge in [0.05, 0.1) is 12.1 Å². The number of rotatable bonds is 8. The smallest absolute Gasteiger partial charge is 0.237 e. The second-order valence-electron chi connectivity index (χ2n) is 3.71. The third kappa shape index (κ3) is 7.29. The lowest BCUT2D eigenvalue weighted by molar-refractivity contribution is -0.125. The number of nitrogens with two attached hydrogens (primary N) is 3. The fourth-order valence-corrected chi connectivity index (χ4v) is 1.17. The zero-order valence-electron chi connectivity index (χ0n) is 10.1. The largest absolute Gasteiger partial charge is 0.370 e. The van der Waals surface area contributed by atoms with E-state index < -0.39 is 12.1 Å². The van der Waals surface area contributed by atoms with Crippen LogP contribution < -0.4 is 22.5 Å². The zero-order valence-corrected chi connectivity index (χ0v) is 10.1. The maximum Gasteiger partial charge on any atom is 0.237 e. The molecule has 0 aromatic rings. The molecule has 7 N–H and O–H groups in total. The van der Waals surface area contributed by atoms with Crippen LogP contribution in [0.3, 0.4) is 0 Å². The number of carbonyl (C=O) groups is 2. The van der Waals surface area contributed by atoms with Gasteiger partial charge in [-0.2, -0.15) is 0 Å². The highest BCUT2D eigenvalue weighted by Gasteiger charge is 2.15. The Morgan fingerprint density at radius 2 is 2.12 bits per heavy atom. The van der Waals surface area contributed by atoms with E-state index in [1.165, 1.54) is 0 Å². The minimum absolute atomic E-state index is 0.0182. The molecule has 0 aromatic carbocycles. The minimum atomic E-state index is -0.574. The molecule has 0 aromatic heterocycles. The molecule has 0 rings (SSSR count). The highest BCUT2D eigenvalue weighted by Crippen LogP contribution is 1.97. The van der Waals surface area contributed by atoms with Gasteiger partial charge in [0.2, 0.25) is 5.91 Å². The average Bonchev–Trinajstić information content (AvgIpc) is 2.31. The van der Waals surface area contributed by atoms with Crippen LogP contribution in [0, 0.1) is 0 Å². The van der Waals surface area contributed by atoms with Crippen LogP contribution in [-0.2, 0) is 9.59 Å². The van der Waals surface area contributed by atoms with Gasteiger partial charge in [0.25, 0.3) is 0 Å². The van der Waals surface area contributed by atoms with E-state index in [1.54, 1.807) is 6.92 Å². The molecule has 0 heterocycles. The Morgan fingerprint density at radius 3 is 2.59 bits per heavy atom. The molecule has 98 valence electrons. The second kappa shape index (κ2) is 8.51. The molecule has 0 fully saturated rings. The molecule has 0 spiro atoms. The molecule has 7 heteroatoms. The van der Waals surface area contributed by atoms with Crippen molar-refractivity contribution in [2.75, 3.05) is 6.54 Å².